The molecule has 4 atom stereocenters. The Morgan fingerprint density at radius 3 is 2.48 bits per heavy atom. The third-order valence-electron chi connectivity index (χ3n) is 4.41. The Morgan fingerprint density at radius 2 is 1.80 bits per heavy atom. The van der Waals surface area contributed by atoms with Crippen molar-refractivity contribution >= 4 is 11.6 Å². The molecule has 3 N–H and O–H groups in total. The smallest absolute Gasteiger partial charge is 0.113 e. The highest BCUT2D eigenvalue weighted by Gasteiger charge is 2.38. The summed E-state index contributed by atoms with van der Waals surface area (Å²) in [7, 11) is 0. The zero-order valence-corrected chi connectivity index (χ0v) is 14.2. The maximum Gasteiger partial charge on any atom is 0.113 e. The molecule has 0 radical (unpaired) electrons. The van der Waals surface area contributed by atoms with Gasteiger partial charge in [-0.25, -0.2) is 0 Å². The molecule has 0 aliphatic carbocycles. The van der Waals surface area contributed by atoms with Gasteiger partial charge in [-0.05, 0) is 41.3 Å². The fourth-order valence-corrected chi connectivity index (χ4v) is 3.13. The van der Waals surface area contributed by atoms with Crippen LogP contribution < -0.4 is 0 Å². The molecule has 3 rings (SSSR count). The number of halogens is 1. The summed E-state index contributed by atoms with van der Waals surface area (Å²) in [5.41, 5.74) is 3.45. The van der Waals surface area contributed by atoms with Crippen molar-refractivity contribution in [1.29, 1.82) is 0 Å². The van der Waals surface area contributed by atoms with E-state index in [-0.39, 0.29) is 6.61 Å². The normalized spacial score (nSPS) is 26.2. The zero-order valence-electron chi connectivity index (χ0n) is 13.5. The van der Waals surface area contributed by atoms with E-state index in [1.165, 1.54) is 0 Å². The topological polar surface area (TPSA) is 69.9 Å². The van der Waals surface area contributed by atoms with Crippen LogP contribution in [0.3, 0.4) is 0 Å². The van der Waals surface area contributed by atoms with E-state index in [1.54, 1.807) is 12.1 Å². The molecular weight excluding hydrogens is 340 g/mol. The van der Waals surface area contributed by atoms with Gasteiger partial charge in [-0.1, -0.05) is 41.8 Å². The number of hydrogen-bond acceptors (Lipinski definition) is 4. The van der Waals surface area contributed by atoms with Gasteiger partial charge in [0.1, 0.15) is 24.4 Å². The molecule has 1 fully saturated rings. The molecule has 0 bridgehead atoms. The van der Waals surface area contributed by atoms with E-state index in [0.717, 1.165) is 16.7 Å². The first kappa shape index (κ1) is 17.9. The maximum absolute atomic E-state index is 10.2. The van der Waals surface area contributed by atoms with Crippen LogP contribution in [0.4, 0.5) is 0 Å². The largest absolute Gasteiger partial charge is 0.388 e. The van der Waals surface area contributed by atoms with E-state index >= 15 is 0 Å². The highest BCUT2D eigenvalue weighted by Crippen LogP contribution is 2.32. The van der Waals surface area contributed by atoms with Crippen molar-refractivity contribution in [3.05, 3.63) is 69.7 Å². The van der Waals surface area contributed by atoms with Crippen molar-refractivity contribution in [3.63, 3.8) is 0 Å². The minimum absolute atomic E-state index is 0.0333. The lowest BCUT2D eigenvalue weighted by atomic mass is 9.92. The van der Waals surface area contributed by atoms with Crippen LogP contribution in [-0.4, -0.2) is 40.2 Å². The Morgan fingerprint density at radius 1 is 1.08 bits per heavy atom. The molecule has 1 saturated heterocycles. The van der Waals surface area contributed by atoms with Gasteiger partial charge in [0, 0.05) is 10.6 Å². The molecule has 0 aromatic heterocycles. The van der Waals surface area contributed by atoms with Crippen molar-refractivity contribution in [2.75, 3.05) is 6.61 Å². The number of aliphatic hydroxyl groups is 3. The summed E-state index contributed by atoms with van der Waals surface area (Å²) in [6.07, 6.45) is 1.73. The molecule has 0 amide bonds. The summed E-state index contributed by atoms with van der Waals surface area (Å²) in [6, 6.07) is 13.0. The molecule has 25 heavy (non-hydrogen) atoms. The van der Waals surface area contributed by atoms with Crippen molar-refractivity contribution < 1.29 is 20.1 Å². The SMILES string of the molecule is C#Cc1ccc(Cc2cc([C@@H]3OC[C@@H](O)C(O)[C@H]3O)ccc2Cl)cc1. The summed E-state index contributed by atoms with van der Waals surface area (Å²) in [5, 5.41) is 30.2. The lowest BCUT2D eigenvalue weighted by Crippen LogP contribution is -2.49. The van der Waals surface area contributed by atoms with Crippen LogP contribution >= 0.6 is 11.6 Å². The van der Waals surface area contributed by atoms with Crippen molar-refractivity contribution in [1.82, 2.24) is 0 Å². The highest BCUT2D eigenvalue weighted by molar-refractivity contribution is 6.31. The summed E-state index contributed by atoms with van der Waals surface area (Å²) in [4.78, 5) is 0. The first-order chi connectivity index (χ1) is 12.0. The van der Waals surface area contributed by atoms with E-state index in [2.05, 4.69) is 5.92 Å². The third kappa shape index (κ3) is 3.87. The molecule has 0 spiro atoms. The van der Waals surface area contributed by atoms with Crippen LogP contribution in [0.1, 0.15) is 28.4 Å². The Labute approximate surface area is 151 Å². The summed E-state index contributed by atoms with van der Waals surface area (Å²) in [5.74, 6) is 2.58. The monoisotopic (exact) mass is 358 g/mol. The van der Waals surface area contributed by atoms with E-state index in [1.807, 2.05) is 30.3 Å². The van der Waals surface area contributed by atoms with Gasteiger partial charge in [0.2, 0.25) is 0 Å². The number of aliphatic hydroxyl groups excluding tert-OH is 3. The van der Waals surface area contributed by atoms with E-state index in [9.17, 15) is 15.3 Å². The second-order valence-electron chi connectivity index (χ2n) is 6.17. The lowest BCUT2D eigenvalue weighted by molar-refractivity contribution is -0.189. The van der Waals surface area contributed by atoms with E-state index < -0.39 is 24.4 Å². The number of ether oxygens (including phenoxy) is 1. The minimum atomic E-state index is -1.24. The predicted octanol–water partition coefficient (Wildman–Crippen LogP) is 2.07. The van der Waals surface area contributed by atoms with Gasteiger partial charge in [0.05, 0.1) is 6.61 Å². The van der Waals surface area contributed by atoms with E-state index in [4.69, 9.17) is 22.8 Å². The van der Waals surface area contributed by atoms with E-state index in [0.29, 0.717) is 17.0 Å². The molecule has 1 unspecified atom stereocenters. The van der Waals surface area contributed by atoms with Crippen molar-refractivity contribution in [3.8, 4) is 12.3 Å². The second-order valence-corrected chi connectivity index (χ2v) is 6.58. The summed E-state index contributed by atoms with van der Waals surface area (Å²) < 4.78 is 5.51. The van der Waals surface area contributed by atoms with Crippen LogP contribution in [-0.2, 0) is 11.2 Å². The fraction of sp³-hybridized carbons (Fsp3) is 0.300. The van der Waals surface area contributed by atoms with Gasteiger partial charge in [-0.3, -0.25) is 0 Å². The lowest BCUT2D eigenvalue weighted by Gasteiger charge is -2.35. The Balaban J connectivity index is 1.84. The molecule has 0 saturated carbocycles. The van der Waals surface area contributed by atoms with Crippen molar-refractivity contribution in [2.45, 2.75) is 30.8 Å². The minimum Gasteiger partial charge on any atom is -0.388 e. The van der Waals surface area contributed by atoms with Crippen LogP contribution in [0.25, 0.3) is 0 Å². The number of terminal acetylenes is 1. The molecule has 4 nitrogen and oxygen atoms in total. The molecule has 1 aliphatic heterocycles. The van der Waals surface area contributed by atoms with Crippen LogP contribution in [0.15, 0.2) is 42.5 Å². The molecule has 2 aromatic carbocycles. The first-order valence-corrected chi connectivity index (χ1v) is 8.37. The van der Waals surface area contributed by atoms with Gasteiger partial charge < -0.3 is 20.1 Å². The maximum atomic E-state index is 10.2. The highest BCUT2D eigenvalue weighted by atomic mass is 35.5. The summed E-state index contributed by atoms with van der Waals surface area (Å²) >= 11 is 6.31. The van der Waals surface area contributed by atoms with Gasteiger partial charge in [0.15, 0.2) is 0 Å². The standard InChI is InChI=1S/C20H19ClO4/c1-2-12-3-5-13(6-4-12)9-15-10-14(7-8-16(15)21)20-19(24)18(23)17(22)11-25-20/h1,3-8,10,17-20,22-24H,9,11H2/t17-,18?,19-,20+/m1/s1. The average molecular weight is 359 g/mol. The van der Waals surface area contributed by atoms with Crippen molar-refractivity contribution in [2.24, 2.45) is 0 Å². The van der Waals surface area contributed by atoms with Gasteiger partial charge in [0.25, 0.3) is 0 Å². The van der Waals surface area contributed by atoms with Gasteiger partial charge in [-0.2, -0.15) is 0 Å². The molecule has 2 aromatic rings. The second kappa shape index (κ2) is 7.57. The first-order valence-electron chi connectivity index (χ1n) is 7.99. The zero-order chi connectivity index (χ0) is 18.0. The Kier molecular flexibility index (Phi) is 5.43. The Hall–Kier alpha value is -1.87. The van der Waals surface area contributed by atoms with Gasteiger partial charge in [-0.15, -0.1) is 6.42 Å². The van der Waals surface area contributed by atoms with Gasteiger partial charge >= 0.3 is 0 Å². The fourth-order valence-electron chi connectivity index (χ4n) is 2.95. The Bertz CT molecular complexity index is 781. The molecule has 5 heteroatoms. The molecular formula is C20H19ClO4. The molecule has 1 aliphatic rings. The van der Waals surface area contributed by atoms with Crippen LogP contribution in [0.5, 0.6) is 0 Å². The number of benzene rings is 2. The molecule has 130 valence electrons. The number of hydrogen-bond donors (Lipinski definition) is 3. The van der Waals surface area contributed by atoms with Crippen LogP contribution in [0, 0.1) is 12.3 Å². The summed E-state index contributed by atoms with van der Waals surface area (Å²) in [6.45, 7) is -0.0333. The quantitative estimate of drug-likeness (QED) is 0.735. The predicted molar refractivity (Wildman–Crippen MR) is 95.3 cm³/mol. The third-order valence-corrected chi connectivity index (χ3v) is 4.78. The van der Waals surface area contributed by atoms with Crippen LogP contribution in [0.2, 0.25) is 5.02 Å². The molecule has 1 heterocycles. The number of rotatable bonds is 3. The average Bonchev–Trinajstić information content (AvgIpc) is 2.62.